The van der Waals surface area contributed by atoms with Gasteiger partial charge >= 0.3 is 74.8 Å². The summed E-state index contributed by atoms with van der Waals surface area (Å²) < 4.78 is 2.06. The van der Waals surface area contributed by atoms with Crippen LogP contribution in [0.4, 0.5) is 0 Å². The van der Waals surface area contributed by atoms with Gasteiger partial charge in [-0.2, -0.15) is 0 Å². The van der Waals surface area contributed by atoms with Gasteiger partial charge in [-0.3, -0.25) is 0 Å². The molecule has 0 heterocycles. The first-order chi connectivity index (χ1) is 4.79. The number of halogens is 2. The van der Waals surface area contributed by atoms with Crippen molar-refractivity contribution < 1.29 is 13.5 Å². The van der Waals surface area contributed by atoms with Gasteiger partial charge in [-0.05, 0) is 0 Å². The summed E-state index contributed by atoms with van der Waals surface area (Å²) in [5.74, 6) is 0. The molecule has 1 aliphatic rings. The van der Waals surface area contributed by atoms with E-state index in [2.05, 4.69) is 10.7 Å². The minimum absolute atomic E-state index is 1.18. The van der Waals surface area contributed by atoms with Gasteiger partial charge in [0.15, 0.2) is 0 Å². The molecule has 0 radical (unpaired) electrons. The van der Waals surface area contributed by atoms with Crippen LogP contribution in [0.1, 0.15) is 25.7 Å². The van der Waals surface area contributed by atoms with Crippen LogP contribution in [0.5, 0.6) is 0 Å². The monoisotopic (exact) mass is 266 g/mol. The second-order valence-corrected chi connectivity index (χ2v) is 8.06. The van der Waals surface area contributed by atoms with Crippen LogP contribution in [0.2, 0.25) is 0 Å². The van der Waals surface area contributed by atoms with E-state index >= 15 is 0 Å². The number of rotatable bonds is 1. The summed E-state index contributed by atoms with van der Waals surface area (Å²) in [4.78, 5) is 0. The molecule has 0 aromatic rings. The molecule has 10 heavy (non-hydrogen) atoms. The molecule has 0 aliphatic heterocycles. The summed E-state index contributed by atoms with van der Waals surface area (Å²) >= 11 is -1.53. The number of allylic oxidation sites excluding steroid dienone is 2. The van der Waals surface area contributed by atoms with Crippen molar-refractivity contribution in [2.24, 2.45) is 0 Å². The first kappa shape index (κ1) is 8.91. The van der Waals surface area contributed by atoms with Gasteiger partial charge < -0.3 is 0 Å². The average Bonchev–Trinajstić information content (AvgIpc) is 1.88. The molecule has 60 valence electrons. The Balaban J connectivity index is 2.54. The molecule has 0 aromatic carbocycles. The van der Waals surface area contributed by atoms with E-state index in [1.165, 1.54) is 31.3 Å². The maximum atomic E-state index is 5.72. The standard InChI is InChI=1S/C7H10.2ClH.Ru/c1-7-5-3-2-4-6-7;;;/h1,5H,2-4,6H2;2*1H;/q;;;+2/p-2. The molecule has 0 saturated heterocycles. The SMILES string of the molecule is [Cl][Ru]([Cl])=[CH]C1=CCCCC1. The van der Waals surface area contributed by atoms with Gasteiger partial charge in [0, 0.05) is 0 Å². The summed E-state index contributed by atoms with van der Waals surface area (Å²) in [5.41, 5.74) is 1.38. The summed E-state index contributed by atoms with van der Waals surface area (Å²) in [6, 6.07) is 0. The second kappa shape index (κ2) is 4.64. The van der Waals surface area contributed by atoms with E-state index in [1.54, 1.807) is 0 Å². The molecular weight excluding hydrogens is 256 g/mol. The molecule has 1 aliphatic carbocycles. The van der Waals surface area contributed by atoms with E-state index in [0.29, 0.717) is 0 Å². The number of hydrogen-bond donors (Lipinski definition) is 0. The zero-order chi connectivity index (χ0) is 7.40. The van der Waals surface area contributed by atoms with Crippen molar-refractivity contribution in [3.05, 3.63) is 11.6 Å². The summed E-state index contributed by atoms with van der Waals surface area (Å²) in [6.45, 7) is 0. The van der Waals surface area contributed by atoms with Gasteiger partial charge in [0.1, 0.15) is 0 Å². The van der Waals surface area contributed by atoms with E-state index in [-0.39, 0.29) is 0 Å². The molecule has 0 amide bonds. The fourth-order valence-corrected chi connectivity index (χ4v) is 3.17. The zero-order valence-corrected chi connectivity index (χ0v) is 8.84. The molecule has 0 unspecified atom stereocenters. The first-order valence-electron chi connectivity index (χ1n) is 3.31. The zero-order valence-electron chi connectivity index (χ0n) is 5.59. The molecule has 3 heteroatoms. The Labute approximate surface area is 74.7 Å². The third-order valence-electron chi connectivity index (χ3n) is 1.53. The average molecular weight is 266 g/mol. The molecule has 0 nitrogen and oxygen atoms in total. The van der Waals surface area contributed by atoms with Gasteiger partial charge in [-0.15, -0.1) is 0 Å². The second-order valence-electron chi connectivity index (χ2n) is 2.33. The Morgan fingerprint density at radius 2 is 2.20 bits per heavy atom. The van der Waals surface area contributed by atoms with Crippen molar-refractivity contribution in [2.45, 2.75) is 25.7 Å². The maximum absolute atomic E-state index is 5.72. The van der Waals surface area contributed by atoms with E-state index in [1.807, 2.05) is 0 Å². The fraction of sp³-hybridized carbons (Fsp3) is 0.571. The number of hydrogen-bond acceptors (Lipinski definition) is 0. The molecule has 0 fully saturated rings. The third kappa shape index (κ3) is 3.28. The fourth-order valence-electron chi connectivity index (χ4n) is 1.05. The minimum atomic E-state index is -1.53. The van der Waals surface area contributed by atoms with Crippen molar-refractivity contribution in [2.75, 3.05) is 0 Å². The van der Waals surface area contributed by atoms with Crippen LogP contribution < -0.4 is 0 Å². The molecule has 0 atom stereocenters. The molecule has 1 rings (SSSR count). The van der Waals surface area contributed by atoms with Gasteiger partial charge in [0.25, 0.3) is 0 Å². The summed E-state index contributed by atoms with van der Waals surface area (Å²) in [5, 5.41) is 0. The van der Waals surface area contributed by atoms with Gasteiger partial charge in [-0.1, -0.05) is 0 Å². The van der Waals surface area contributed by atoms with Gasteiger partial charge in [0.05, 0.1) is 0 Å². The quantitative estimate of drug-likeness (QED) is 0.639. The topological polar surface area (TPSA) is 0 Å². The van der Waals surface area contributed by atoms with Crippen LogP contribution >= 0.6 is 19.4 Å². The van der Waals surface area contributed by atoms with Crippen molar-refractivity contribution in [3.8, 4) is 0 Å². The Hall–Kier alpha value is 0.813. The van der Waals surface area contributed by atoms with Crippen molar-refractivity contribution in [3.63, 3.8) is 0 Å². The van der Waals surface area contributed by atoms with Crippen molar-refractivity contribution in [1.29, 1.82) is 0 Å². The van der Waals surface area contributed by atoms with Gasteiger partial charge in [0.2, 0.25) is 0 Å². The first-order valence-corrected chi connectivity index (χ1v) is 8.79. The molecule has 0 N–H and O–H groups in total. The van der Waals surface area contributed by atoms with Gasteiger partial charge in [-0.25, -0.2) is 0 Å². The summed E-state index contributed by atoms with van der Waals surface area (Å²) in [6.07, 6.45) is 7.29. The predicted octanol–water partition coefficient (Wildman–Crippen LogP) is 3.21. The van der Waals surface area contributed by atoms with Crippen LogP contribution in [-0.4, -0.2) is 4.61 Å². The van der Waals surface area contributed by atoms with Crippen LogP contribution in [-0.2, 0) is 13.5 Å². The van der Waals surface area contributed by atoms with Crippen LogP contribution in [0.25, 0.3) is 0 Å². The van der Waals surface area contributed by atoms with E-state index in [4.69, 9.17) is 19.4 Å². The Bertz CT molecular complexity index is 168. The third-order valence-corrected chi connectivity index (χ3v) is 3.47. The molecule has 0 spiro atoms. The molecule has 0 aromatic heterocycles. The molecular formula is C7H10Cl2Ru. The van der Waals surface area contributed by atoms with E-state index in [9.17, 15) is 0 Å². The molecule has 0 bridgehead atoms. The predicted molar refractivity (Wildman–Crippen MR) is 44.3 cm³/mol. The molecule has 0 saturated carbocycles. The van der Waals surface area contributed by atoms with E-state index in [0.717, 1.165) is 0 Å². The Morgan fingerprint density at radius 1 is 1.40 bits per heavy atom. The van der Waals surface area contributed by atoms with Crippen LogP contribution in [0.3, 0.4) is 0 Å². The summed E-state index contributed by atoms with van der Waals surface area (Å²) in [7, 11) is 11.4. The normalized spacial score (nSPS) is 19.8. The van der Waals surface area contributed by atoms with Crippen molar-refractivity contribution >= 4 is 24.0 Å². The van der Waals surface area contributed by atoms with Crippen LogP contribution in [0.15, 0.2) is 11.6 Å². The van der Waals surface area contributed by atoms with E-state index < -0.39 is 13.5 Å². The van der Waals surface area contributed by atoms with Crippen molar-refractivity contribution in [1.82, 2.24) is 0 Å². The Kier molecular flexibility index (Phi) is 4.13. The Morgan fingerprint density at radius 3 is 2.70 bits per heavy atom. The van der Waals surface area contributed by atoms with Crippen LogP contribution in [0, 0.1) is 0 Å².